The van der Waals surface area contributed by atoms with Crippen molar-refractivity contribution in [2.45, 2.75) is 58.0 Å². The maximum absolute atomic E-state index is 13.4. The van der Waals surface area contributed by atoms with E-state index >= 15 is 0 Å². The Balaban J connectivity index is 1.66. The molecular weight excluding hydrogens is 434 g/mol. The van der Waals surface area contributed by atoms with Crippen LogP contribution in [0.5, 0.6) is 23.0 Å². The van der Waals surface area contributed by atoms with Gasteiger partial charge in [-0.15, -0.1) is 0 Å². The van der Waals surface area contributed by atoms with E-state index in [4.69, 9.17) is 14.2 Å². The number of methoxy groups -OCH3 is 1. The van der Waals surface area contributed by atoms with E-state index in [9.17, 15) is 14.7 Å². The second kappa shape index (κ2) is 9.79. The lowest BCUT2D eigenvalue weighted by atomic mass is 9.73. The first kappa shape index (κ1) is 23.7. The number of Topliss-reactive ketones (excluding diaryl/α,β-unsaturated/α-hetero) is 1. The van der Waals surface area contributed by atoms with Gasteiger partial charge in [-0.05, 0) is 68.5 Å². The zero-order valence-electron chi connectivity index (χ0n) is 20.0. The first-order valence-electron chi connectivity index (χ1n) is 11.7. The van der Waals surface area contributed by atoms with Crippen molar-refractivity contribution in [3.8, 4) is 23.0 Å². The summed E-state index contributed by atoms with van der Waals surface area (Å²) in [5, 5.41) is 13.0. The Labute approximate surface area is 199 Å². The average molecular weight is 466 g/mol. The van der Waals surface area contributed by atoms with Gasteiger partial charge in [-0.3, -0.25) is 9.59 Å². The van der Waals surface area contributed by atoms with Crippen LogP contribution in [-0.4, -0.2) is 36.6 Å². The molecule has 7 nitrogen and oxygen atoms in total. The topological polar surface area (TPSA) is 94.1 Å². The second-order valence-corrected chi connectivity index (χ2v) is 8.96. The SMILES string of the molecule is CCOc1cc(C2CC(=O)NC3=C2C(=O)CC(c2ccc(OC(C)C)c(OC)c2)C3)ccc1O. The lowest BCUT2D eigenvalue weighted by Crippen LogP contribution is -2.38. The molecule has 180 valence electrons. The van der Waals surface area contributed by atoms with Crippen LogP contribution in [0, 0.1) is 0 Å². The number of amides is 1. The van der Waals surface area contributed by atoms with Crippen LogP contribution < -0.4 is 19.5 Å². The van der Waals surface area contributed by atoms with Crippen molar-refractivity contribution in [1.82, 2.24) is 5.32 Å². The molecule has 7 heteroatoms. The molecule has 0 fully saturated rings. The van der Waals surface area contributed by atoms with Crippen molar-refractivity contribution in [1.29, 1.82) is 0 Å². The van der Waals surface area contributed by atoms with E-state index in [1.807, 2.05) is 39.0 Å². The van der Waals surface area contributed by atoms with Gasteiger partial charge in [0.2, 0.25) is 5.91 Å². The Morgan fingerprint density at radius 3 is 2.44 bits per heavy atom. The van der Waals surface area contributed by atoms with Crippen LogP contribution in [0.2, 0.25) is 0 Å². The monoisotopic (exact) mass is 465 g/mol. The Hall–Kier alpha value is -3.48. The van der Waals surface area contributed by atoms with Gasteiger partial charge < -0.3 is 24.6 Å². The molecule has 0 spiro atoms. The van der Waals surface area contributed by atoms with E-state index in [0.717, 1.165) is 11.1 Å². The van der Waals surface area contributed by atoms with E-state index in [1.165, 1.54) is 0 Å². The van der Waals surface area contributed by atoms with Gasteiger partial charge in [-0.1, -0.05) is 12.1 Å². The molecule has 1 aliphatic carbocycles. The number of allylic oxidation sites excluding steroid dienone is 2. The molecule has 34 heavy (non-hydrogen) atoms. The number of rotatable bonds is 7. The highest BCUT2D eigenvalue weighted by Gasteiger charge is 2.38. The van der Waals surface area contributed by atoms with Crippen LogP contribution in [0.3, 0.4) is 0 Å². The van der Waals surface area contributed by atoms with Gasteiger partial charge in [0.15, 0.2) is 28.8 Å². The second-order valence-electron chi connectivity index (χ2n) is 8.96. The van der Waals surface area contributed by atoms with Crippen LogP contribution in [0.1, 0.15) is 63.0 Å². The number of phenols is 1. The van der Waals surface area contributed by atoms with Crippen LogP contribution in [-0.2, 0) is 9.59 Å². The number of ether oxygens (including phenoxy) is 3. The smallest absolute Gasteiger partial charge is 0.225 e. The molecule has 2 atom stereocenters. The van der Waals surface area contributed by atoms with Gasteiger partial charge in [-0.25, -0.2) is 0 Å². The quantitative estimate of drug-likeness (QED) is 0.621. The van der Waals surface area contributed by atoms with Gasteiger partial charge >= 0.3 is 0 Å². The predicted octanol–water partition coefficient (Wildman–Crippen LogP) is 4.59. The van der Waals surface area contributed by atoms with Crippen molar-refractivity contribution >= 4 is 11.7 Å². The summed E-state index contributed by atoms with van der Waals surface area (Å²) in [4.78, 5) is 26.0. The van der Waals surface area contributed by atoms with Crippen molar-refractivity contribution < 1.29 is 28.9 Å². The van der Waals surface area contributed by atoms with Gasteiger partial charge in [-0.2, -0.15) is 0 Å². The maximum atomic E-state index is 13.4. The number of hydrogen-bond donors (Lipinski definition) is 2. The van der Waals surface area contributed by atoms with E-state index in [1.54, 1.807) is 25.3 Å². The fourth-order valence-corrected chi connectivity index (χ4v) is 4.79. The van der Waals surface area contributed by atoms with Crippen molar-refractivity contribution in [2.24, 2.45) is 0 Å². The van der Waals surface area contributed by atoms with Crippen LogP contribution in [0.15, 0.2) is 47.7 Å². The summed E-state index contributed by atoms with van der Waals surface area (Å²) in [5.74, 6) is 1.12. The van der Waals surface area contributed by atoms with E-state index in [2.05, 4.69) is 5.32 Å². The first-order chi connectivity index (χ1) is 16.3. The van der Waals surface area contributed by atoms with Gasteiger partial charge in [0.1, 0.15) is 0 Å². The molecule has 2 aromatic rings. The van der Waals surface area contributed by atoms with Gasteiger partial charge in [0.05, 0.1) is 19.8 Å². The minimum Gasteiger partial charge on any atom is -0.504 e. The maximum Gasteiger partial charge on any atom is 0.225 e. The summed E-state index contributed by atoms with van der Waals surface area (Å²) in [6.45, 7) is 6.15. The average Bonchev–Trinajstić information content (AvgIpc) is 2.79. The van der Waals surface area contributed by atoms with E-state index in [0.29, 0.717) is 48.0 Å². The number of nitrogens with one attached hydrogen (secondary N) is 1. The fourth-order valence-electron chi connectivity index (χ4n) is 4.79. The van der Waals surface area contributed by atoms with Crippen molar-refractivity contribution in [3.05, 3.63) is 58.8 Å². The summed E-state index contributed by atoms with van der Waals surface area (Å²) < 4.78 is 16.8. The molecule has 1 amide bonds. The van der Waals surface area contributed by atoms with E-state index in [-0.39, 0.29) is 41.8 Å². The molecule has 4 rings (SSSR count). The summed E-state index contributed by atoms with van der Waals surface area (Å²) >= 11 is 0. The number of benzene rings is 2. The summed E-state index contributed by atoms with van der Waals surface area (Å²) in [6.07, 6.45) is 1.09. The van der Waals surface area contributed by atoms with E-state index < -0.39 is 0 Å². The molecule has 2 unspecified atom stereocenters. The Bertz CT molecular complexity index is 1140. The minimum atomic E-state index is -0.367. The highest BCUT2D eigenvalue weighted by molar-refractivity contribution is 6.02. The molecule has 2 aliphatic rings. The number of phenolic OH excluding ortho intramolecular Hbond substituents is 1. The lowest BCUT2D eigenvalue weighted by Gasteiger charge is -2.34. The highest BCUT2D eigenvalue weighted by Crippen LogP contribution is 2.45. The number of carbonyl (C=O) groups excluding carboxylic acids is 2. The third kappa shape index (κ3) is 4.74. The van der Waals surface area contributed by atoms with Crippen LogP contribution in [0.4, 0.5) is 0 Å². The van der Waals surface area contributed by atoms with Crippen molar-refractivity contribution in [3.63, 3.8) is 0 Å². The van der Waals surface area contributed by atoms with Gasteiger partial charge in [0.25, 0.3) is 0 Å². The molecule has 0 saturated carbocycles. The summed E-state index contributed by atoms with van der Waals surface area (Å²) in [7, 11) is 1.60. The fraction of sp³-hybridized carbons (Fsp3) is 0.407. The molecule has 0 radical (unpaired) electrons. The predicted molar refractivity (Wildman–Crippen MR) is 128 cm³/mol. The first-order valence-corrected chi connectivity index (χ1v) is 11.7. The van der Waals surface area contributed by atoms with Gasteiger partial charge in [0, 0.05) is 30.0 Å². The number of hydrogen-bond acceptors (Lipinski definition) is 6. The number of aromatic hydroxyl groups is 1. The van der Waals surface area contributed by atoms with Crippen LogP contribution in [0.25, 0.3) is 0 Å². The zero-order valence-corrected chi connectivity index (χ0v) is 20.0. The minimum absolute atomic E-state index is 0.0150. The molecule has 0 aromatic heterocycles. The van der Waals surface area contributed by atoms with Crippen molar-refractivity contribution in [2.75, 3.05) is 13.7 Å². The largest absolute Gasteiger partial charge is 0.504 e. The third-order valence-corrected chi connectivity index (χ3v) is 6.24. The molecular formula is C27H31NO6. The molecule has 1 aliphatic heterocycles. The molecule has 1 heterocycles. The number of carbonyl (C=O) groups is 2. The molecule has 2 N–H and O–H groups in total. The molecule has 2 aromatic carbocycles. The molecule has 0 bridgehead atoms. The lowest BCUT2D eigenvalue weighted by molar-refractivity contribution is -0.122. The van der Waals surface area contributed by atoms with Crippen LogP contribution >= 0.6 is 0 Å². The zero-order chi connectivity index (χ0) is 24.4. The highest BCUT2D eigenvalue weighted by atomic mass is 16.5. The third-order valence-electron chi connectivity index (χ3n) is 6.24. The molecule has 0 saturated heterocycles. The Kier molecular flexibility index (Phi) is 6.82. The summed E-state index contributed by atoms with van der Waals surface area (Å²) in [5.41, 5.74) is 3.07. The standard InChI is InChI=1S/C27H31NO6/c1-5-33-24-13-17(6-8-21(24)29)19-14-26(31)28-20-10-18(11-22(30)27(19)20)16-7-9-23(34-15(2)3)25(12-16)32-4/h6-9,12-13,15,18-19,29H,5,10-11,14H2,1-4H3,(H,28,31). The Morgan fingerprint density at radius 1 is 1.00 bits per heavy atom. The number of ketones is 1. The Morgan fingerprint density at radius 2 is 1.74 bits per heavy atom. The normalized spacial score (nSPS) is 20.1. The summed E-state index contributed by atoms with van der Waals surface area (Å²) in [6, 6.07) is 10.8.